The van der Waals surface area contributed by atoms with E-state index >= 15 is 0 Å². The van der Waals surface area contributed by atoms with Crippen molar-refractivity contribution in [1.29, 1.82) is 0 Å². The molecule has 10 heteroatoms. The van der Waals surface area contributed by atoms with Crippen LogP contribution in [0, 0.1) is 12.8 Å². The van der Waals surface area contributed by atoms with Crippen LogP contribution in [0.15, 0.2) is 150 Å². The summed E-state index contributed by atoms with van der Waals surface area (Å²) in [6, 6.07) is 45.0. The number of nitrogens with one attached hydrogen (secondary N) is 2. The number of hydrogen-bond donors (Lipinski definition) is 3. The van der Waals surface area contributed by atoms with Gasteiger partial charge < -0.3 is 19.9 Å². The molecule has 6 unspecified atom stereocenters. The van der Waals surface area contributed by atoms with E-state index in [9.17, 15) is 18.3 Å². The molecule has 6 aromatic carbocycles. The molecule has 0 aromatic heterocycles. The van der Waals surface area contributed by atoms with E-state index in [0.717, 1.165) is 27.8 Å². The second-order valence-corrected chi connectivity index (χ2v) is 17.0. The molecule has 1 aliphatic rings. The fourth-order valence-corrected chi connectivity index (χ4v) is 8.65. The molecule has 1 amide bonds. The molecule has 58 heavy (non-hydrogen) atoms. The van der Waals surface area contributed by atoms with Crippen LogP contribution in [0.5, 0.6) is 0 Å². The number of sulfonamides is 1. The van der Waals surface area contributed by atoms with E-state index in [2.05, 4.69) is 78.3 Å². The minimum atomic E-state index is -4.00. The first kappa shape index (κ1) is 41.0. The largest absolute Gasteiger partial charge is 0.392 e. The van der Waals surface area contributed by atoms with Crippen molar-refractivity contribution in [1.82, 2.24) is 9.62 Å². The molecule has 0 radical (unpaired) electrons. The van der Waals surface area contributed by atoms with Crippen LogP contribution in [0.25, 0.3) is 10.8 Å². The highest BCUT2D eigenvalue weighted by molar-refractivity contribution is 7.89. The fraction of sp³-hybridized carbons (Fsp3) is 0.271. The summed E-state index contributed by atoms with van der Waals surface area (Å²) < 4.78 is 43.0. The summed E-state index contributed by atoms with van der Waals surface area (Å²) in [4.78, 5) is 16.2. The Kier molecular flexibility index (Phi) is 12.8. The summed E-state index contributed by atoms with van der Waals surface area (Å²) in [6.45, 7) is 6.85. The lowest BCUT2D eigenvalue weighted by Gasteiger charge is -2.43. The Bertz CT molecular complexity index is 2410. The van der Waals surface area contributed by atoms with Gasteiger partial charge in [-0.3, -0.25) is 9.69 Å². The number of amides is 1. The summed E-state index contributed by atoms with van der Waals surface area (Å²) in [6.07, 6.45) is -1.03. The van der Waals surface area contributed by atoms with Gasteiger partial charge in [-0.2, -0.15) is 4.72 Å². The maximum absolute atomic E-state index is 13.8. The van der Waals surface area contributed by atoms with Crippen molar-refractivity contribution in [2.24, 2.45) is 5.92 Å². The van der Waals surface area contributed by atoms with Crippen LogP contribution >= 0.6 is 0 Å². The van der Waals surface area contributed by atoms with Crippen molar-refractivity contribution in [3.8, 4) is 0 Å². The molecule has 300 valence electrons. The van der Waals surface area contributed by atoms with Gasteiger partial charge in [0.2, 0.25) is 15.9 Å². The number of likely N-dealkylation sites (N-methyl/N-ethyl adjacent to an activating group) is 1. The molecule has 0 aliphatic carbocycles. The van der Waals surface area contributed by atoms with E-state index in [4.69, 9.17) is 9.47 Å². The highest BCUT2D eigenvalue weighted by Gasteiger charge is 2.39. The van der Waals surface area contributed by atoms with Gasteiger partial charge in [-0.1, -0.05) is 128 Å². The monoisotopic (exact) mass is 797 g/mol. The van der Waals surface area contributed by atoms with Crippen molar-refractivity contribution in [2.45, 2.75) is 69.3 Å². The number of carbonyl (C=O) groups is 1. The number of rotatable bonds is 14. The second kappa shape index (κ2) is 18.2. The average molecular weight is 798 g/mol. The Balaban J connectivity index is 1.09. The van der Waals surface area contributed by atoms with E-state index in [1.165, 1.54) is 28.5 Å². The van der Waals surface area contributed by atoms with Crippen LogP contribution in [-0.4, -0.2) is 50.1 Å². The highest BCUT2D eigenvalue weighted by atomic mass is 32.2. The minimum Gasteiger partial charge on any atom is -0.392 e. The Morgan fingerprint density at radius 2 is 1.43 bits per heavy atom. The van der Waals surface area contributed by atoms with Crippen molar-refractivity contribution >= 4 is 32.4 Å². The van der Waals surface area contributed by atoms with Crippen LogP contribution in [0.3, 0.4) is 0 Å². The number of hydrogen-bond acceptors (Lipinski definition) is 7. The molecule has 0 spiro atoms. The number of carbonyl (C=O) groups excluding carboxylic acids is 1. The van der Waals surface area contributed by atoms with Gasteiger partial charge in [0.15, 0.2) is 6.29 Å². The molecule has 9 nitrogen and oxygen atoms in total. The first-order valence-corrected chi connectivity index (χ1v) is 21.2. The molecule has 3 N–H and O–H groups in total. The van der Waals surface area contributed by atoms with E-state index in [0.29, 0.717) is 12.2 Å². The number of fused-ring (bicyclic) bond motifs is 1. The van der Waals surface area contributed by atoms with Gasteiger partial charge >= 0.3 is 0 Å². The predicted octanol–water partition coefficient (Wildman–Crippen LogP) is 8.65. The summed E-state index contributed by atoms with van der Waals surface area (Å²) >= 11 is 0. The van der Waals surface area contributed by atoms with Crippen molar-refractivity contribution in [3.63, 3.8) is 0 Å². The topological polar surface area (TPSA) is 117 Å². The van der Waals surface area contributed by atoms with Crippen LogP contribution in [0.4, 0.5) is 5.69 Å². The van der Waals surface area contributed by atoms with E-state index in [-0.39, 0.29) is 42.1 Å². The van der Waals surface area contributed by atoms with Gasteiger partial charge in [-0.15, -0.1) is 0 Å². The Morgan fingerprint density at radius 1 is 0.776 bits per heavy atom. The summed E-state index contributed by atoms with van der Waals surface area (Å²) in [5, 5.41) is 15.0. The maximum Gasteiger partial charge on any atom is 0.242 e. The van der Waals surface area contributed by atoms with Gasteiger partial charge in [0, 0.05) is 29.8 Å². The zero-order valence-electron chi connectivity index (χ0n) is 33.3. The average Bonchev–Trinajstić information content (AvgIpc) is 3.24. The normalized spacial score (nSPS) is 19.5. The lowest BCUT2D eigenvalue weighted by molar-refractivity contribution is -0.276. The van der Waals surface area contributed by atoms with Crippen LogP contribution in [0.1, 0.15) is 65.7 Å². The van der Waals surface area contributed by atoms with Gasteiger partial charge in [0.1, 0.15) is 6.04 Å². The van der Waals surface area contributed by atoms with Gasteiger partial charge in [0.25, 0.3) is 0 Å². The quantitative estimate of drug-likeness (QED) is 0.101. The number of nitrogens with zero attached hydrogens (tertiary/aromatic N) is 1. The third kappa shape index (κ3) is 9.73. The molecule has 1 saturated heterocycles. The summed E-state index contributed by atoms with van der Waals surface area (Å²) in [7, 11) is -1.88. The van der Waals surface area contributed by atoms with Gasteiger partial charge in [0.05, 0.1) is 23.7 Å². The van der Waals surface area contributed by atoms with Crippen molar-refractivity contribution in [2.75, 3.05) is 18.9 Å². The zero-order valence-corrected chi connectivity index (χ0v) is 34.1. The van der Waals surface area contributed by atoms with E-state index in [1.54, 1.807) is 24.3 Å². The maximum atomic E-state index is 13.8. The second-order valence-electron chi connectivity index (χ2n) is 15.3. The Hall–Kier alpha value is -5.20. The third-order valence-corrected chi connectivity index (χ3v) is 12.7. The first-order valence-electron chi connectivity index (χ1n) is 19.7. The van der Waals surface area contributed by atoms with Gasteiger partial charge in [-0.05, 0) is 90.7 Å². The molecule has 0 saturated carbocycles. The zero-order chi connectivity index (χ0) is 40.8. The fourth-order valence-electron chi connectivity index (χ4n) is 7.46. The number of ether oxygens (including phenoxy) is 2. The van der Waals surface area contributed by atoms with E-state index < -0.39 is 28.3 Å². The first-order chi connectivity index (χ1) is 28.0. The molecule has 6 aromatic rings. The summed E-state index contributed by atoms with van der Waals surface area (Å²) in [5.74, 6) is -0.493. The predicted molar refractivity (Wildman–Crippen MR) is 228 cm³/mol. The van der Waals surface area contributed by atoms with Crippen LogP contribution in [0.2, 0.25) is 0 Å². The molecular formula is C48H51N3O6S. The lowest BCUT2D eigenvalue weighted by atomic mass is 9.89. The lowest BCUT2D eigenvalue weighted by Crippen LogP contribution is -2.45. The standard InChI is InChI=1S/C48H51N3O6S/c1-32-14-26-43(27-15-32)58(54,55)50-44(28-35-10-6-5-7-11-35)47(53)49-42-24-22-39(23-25-42)48-56-45(33(2)46(57-48)38-18-16-36(31-52)17-19-38)30-51(4)34(3)40-21-20-37-12-8-9-13-41(37)29-40/h5-27,29,33-34,44-46,48,50,52H,28,30-31H2,1-4H3,(H,49,53). The molecule has 7 rings (SSSR count). The third-order valence-electron chi connectivity index (χ3n) is 11.2. The van der Waals surface area contributed by atoms with Gasteiger partial charge in [-0.25, -0.2) is 8.42 Å². The summed E-state index contributed by atoms with van der Waals surface area (Å²) in [5.41, 5.74) is 6.07. The van der Waals surface area contributed by atoms with Crippen LogP contribution in [-0.2, 0) is 37.3 Å². The number of anilines is 1. The number of aliphatic hydroxyl groups excluding tert-OH is 1. The minimum absolute atomic E-state index is 0.00808. The van der Waals surface area contributed by atoms with Crippen molar-refractivity contribution in [3.05, 3.63) is 179 Å². The highest BCUT2D eigenvalue weighted by Crippen LogP contribution is 2.42. The number of aliphatic hydroxyl groups is 1. The molecule has 1 heterocycles. The molecule has 1 fully saturated rings. The smallest absolute Gasteiger partial charge is 0.242 e. The van der Waals surface area contributed by atoms with Crippen molar-refractivity contribution < 1.29 is 27.8 Å². The molecule has 6 atom stereocenters. The molecule has 1 aliphatic heterocycles. The molecule has 0 bridgehead atoms. The SMILES string of the molecule is Cc1ccc(S(=O)(=O)NC(Cc2ccccc2)C(=O)Nc2ccc(C3OC(CN(C)C(C)c4ccc5ccccc5c4)C(C)C(c4ccc(CO)cc4)O3)cc2)cc1. The number of benzene rings is 6. The number of aryl methyl sites for hydroxylation is 1. The Morgan fingerprint density at radius 3 is 2.12 bits per heavy atom. The van der Waals surface area contributed by atoms with E-state index in [1.807, 2.05) is 73.7 Å². The van der Waals surface area contributed by atoms with Crippen LogP contribution < -0.4 is 10.0 Å². The Labute approximate surface area is 341 Å². The molecular weight excluding hydrogens is 747 g/mol.